The van der Waals surface area contributed by atoms with Gasteiger partial charge in [-0.25, -0.2) is 0 Å². The standard InChI is InChI=1S/C24H31ClN2O3S/c1-5-22(24(29)26-14-17(2)3)27(15-18-6-10-20(30-4)11-7-18)23(28)16-31-21-12-8-19(25)9-13-21/h6-13,17,22H,5,14-16H2,1-4H3,(H,26,29)/t22-/m0/s1. The van der Waals surface area contributed by atoms with Crippen molar-refractivity contribution in [3.63, 3.8) is 0 Å². The lowest BCUT2D eigenvalue weighted by atomic mass is 10.1. The molecule has 0 saturated carbocycles. The fourth-order valence-corrected chi connectivity index (χ4v) is 3.94. The van der Waals surface area contributed by atoms with Crippen molar-refractivity contribution in [1.82, 2.24) is 10.2 Å². The van der Waals surface area contributed by atoms with E-state index < -0.39 is 6.04 Å². The molecule has 2 amide bonds. The monoisotopic (exact) mass is 462 g/mol. The third-order valence-corrected chi connectivity index (χ3v) is 6.01. The molecule has 0 aliphatic rings. The van der Waals surface area contributed by atoms with Crippen LogP contribution in [0.2, 0.25) is 5.02 Å². The molecule has 0 aliphatic carbocycles. The zero-order valence-corrected chi connectivity index (χ0v) is 20.1. The second-order valence-electron chi connectivity index (χ2n) is 7.68. The minimum atomic E-state index is -0.529. The average Bonchev–Trinajstić information content (AvgIpc) is 2.77. The third kappa shape index (κ3) is 8.11. The Morgan fingerprint density at radius 1 is 1.10 bits per heavy atom. The molecule has 0 unspecified atom stereocenters. The van der Waals surface area contributed by atoms with E-state index in [-0.39, 0.29) is 17.6 Å². The van der Waals surface area contributed by atoms with E-state index in [2.05, 4.69) is 5.32 Å². The number of amides is 2. The van der Waals surface area contributed by atoms with Crippen molar-refractivity contribution in [2.45, 2.75) is 44.7 Å². The number of hydrogen-bond donors (Lipinski definition) is 1. The van der Waals surface area contributed by atoms with Gasteiger partial charge in [0, 0.05) is 23.0 Å². The van der Waals surface area contributed by atoms with Crippen molar-refractivity contribution >= 4 is 35.2 Å². The van der Waals surface area contributed by atoms with E-state index in [1.807, 2.05) is 57.2 Å². The van der Waals surface area contributed by atoms with Crippen LogP contribution in [0.3, 0.4) is 0 Å². The van der Waals surface area contributed by atoms with E-state index in [0.717, 1.165) is 16.2 Å². The summed E-state index contributed by atoms with van der Waals surface area (Å²) < 4.78 is 5.22. The summed E-state index contributed by atoms with van der Waals surface area (Å²) in [6.07, 6.45) is 0.539. The van der Waals surface area contributed by atoms with Crippen molar-refractivity contribution in [2.75, 3.05) is 19.4 Å². The summed E-state index contributed by atoms with van der Waals surface area (Å²) in [5, 5.41) is 3.64. The molecule has 0 radical (unpaired) electrons. The first-order chi connectivity index (χ1) is 14.8. The van der Waals surface area contributed by atoms with Gasteiger partial charge in [-0.05, 0) is 54.3 Å². The Hall–Kier alpha value is -2.18. The van der Waals surface area contributed by atoms with E-state index in [9.17, 15) is 9.59 Å². The molecule has 5 nitrogen and oxygen atoms in total. The number of nitrogens with one attached hydrogen (secondary N) is 1. The molecule has 0 aromatic heterocycles. The molecule has 0 saturated heterocycles. The lowest BCUT2D eigenvalue weighted by Gasteiger charge is -2.31. The Morgan fingerprint density at radius 2 is 1.74 bits per heavy atom. The van der Waals surface area contributed by atoms with Crippen molar-refractivity contribution in [2.24, 2.45) is 5.92 Å². The number of methoxy groups -OCH3 is 1. The van der Waals surface area contributed by atoms with Gasteiger partial charge < -0.3 is 15.0 Å². The first-order valence-electron chi connectivity index (χ1n) is 10.4. The molecule has 0 bridgehead atoms. The van der Waals surface area contributed by atoms with Gasteiger partial charge in [-0.15, -0.1) is 11.8 Å². The molecular formula is C24H31ClN2O3S. The van der Waals surface area contributed by atoms with Crippen LogP contribution in [0.25, 0.3) is 0 Å². The maximum atomic E-state index is 13.2. The number of hydrogen-bond acceptors (Lipinski definition) is 4. The minimum Gasteiger partial charge on any atom is -0.497 e. The molecule has 2 rings (SSSR count). The van der Waals surface area contributed by atoms with Gasteiger partial charge in [0.25, 0.3) is 0 Å². The van der Waals surface area contributed by atoms with Crippen LogP contribution in [0.1, 0.15) is 32.8 Å². The Labute approximate surface area is 194 Å². The van der Waals surface area contributed by atoms with Crippen LogP contribution in [0, 0.1) is 5.92 Å². The summed E-state index contributed by atoms with van der Waals surface area (Å²) in [7, 11) is 1.62. The summed E-state index contributed by atoms with van der Waals surface area (Å²) in [5.74, 6) is 1.14. The molecule has 0 spiro atoms. The number of carbonyl (C=O) groups excluding carboxylic acids is 2. The molecule has 2 aromatic carbocycles. The molecule has 1 N–H and O–H groups in total. The normalized spacial score (nSPS) is 11.8. The van der Waals surface area contributed by atoms with Crippen molar-refractivity contribution < 1.29 is 14.3 Å². The Bertz CT molecular complexity index is 841. The van der Waals surface area contributed by atoms with Gasteiger partial charge in [0.15, 0.2) is 0 Å². The van der Waals surface area contributed by atoms with Gasteiger partial charge >= 0.3 is 0 Å². The largest absolute Gasteiger partial charge is 0.497 e. The van der Waals surface area contributed by atoms with Crippen molar-refractivity contribution in [1.29, 1.82) is 0 Å². The molecule has 0 fully saturated rings. The number of nitrogens with zero attached hydrogens (tertiary/aromatic N) is 1. The predicted molar refractivity (Wildman–Crippen MR) is 128 cm³/mol. The molecular weight excluding hydrogens is 432 g/mol. The molecule has 2 aromatic rings. The van der Waals surface area contributed by atoms with Crippen LogP contribution in [0.15, 0.2) is 53.4 Å². The smallest absolute Gasteiger partial charge is 0.242 e. The summed E-state index contributed by atoms with van der Waals surface area (Å²) in [6, 6.07) is 14.4. The fourth-order valence-electron chi connectivity index (χ4n) is 3.03. The number of halogens is 1. The second-order valence-corrected chi connectivity index (χ2v) is 9.16. The highest BCUT2D eigenvalue weighted by Crippen LogP contribution is 2.23. The quantitative estimate of drug-likeness (QED) is 0.476. The zero-order valence-electron chi connectivity index (χ0n) is 18.6. The molecule has 0 heterocycles. The summed E-state index contributed by atoms with van der Waals surface area (Å²) >= 11 is 7.38. The molecule has 0 aliphatic heterocycles. The van der Waals surface area contributed by atoms with Crippen LogP contribution < -0.4 is 10.1 Å². The van der Waals surface area contributed by atoms with Gasteiger partial charge in [0.2, 0.25) is 11.8 Å². The topological polar surface area (TPSA) is 58.6 Å². The Morgan fingerprint density at radius 3 is 2.29 bits per heavy atom. The van der Waals surface area contributed by atoms with Crippen LogP contribution in [-0.2, 0) is 16.1 Å². The van der Waals surface area contributed by atoms with Crippen molar-refractivity contribution in [3.05, 3.63) is 59.1 Å². The first-order valence-corrected chi connectivity index (χ1v) is 11.8. The SMILES string of the molecule is CC[C@@H](C(=O)NCC(C)C)N(Cc1ccc(OC)cc1)C(=O)CSc1ccc(Cl)cc1. The van der Waals surface area contributed by atoms with Crippen LogP contribution >= 0.6 is 23.4 Å². The van der Waals surface area contributed by atoms with E-state index in [4.69, 9.17) is 16.3 Å². The van der Waals surface area contributed by atoms with Gasteiger partial charge in [0.1, 0.15) is 11.8 Å². The number of ether oxygens (including phenoxy) is 1. The highest BCUT2D eigenvalue weighted by Gasteiger charge is 2.28. The second kappa shape index (κ2) is 12.6. The predicted octanol–water partition coefficient (Wildman–Crippen LogP) is 5.02. The van der Waals surface area contributed by atoms with Gasteiger partial charge in [0.05, 0.1) is 12.9 Å². The van der Waals surface area contributed by atoms with Gasteiger partial charge in [-0.3, -0.25) is 9.59 Å². The molecule has 1 atom stereocenters. The Kier molecular flexibility index (Phi) is 10.2. The third-order valence-electron chi connectivity index (χ3n) is 4.76. The van der Waals surface area contributed by atoms with E-state index in [1.54, 1.807) is 24.1 Å². The lowest BCUT2D eigenvalue weighted by Crippen LogP contribution is -2.50. The van der Waals surface area contributed by atoms with Crippen LogP contribution in [-0.4, -0.2) is 42.2 Å². The summed E-state index contributed by atoms with van der Waals surface area (Å²) in [4.78, 5) is 28.7. The van der Waals surface area contributed by atoms with E-state index >= 15 is 0 Å². The number of rotatable bonds is 11. The average molecular weight is 463 g/mol. The van der Waals surface area contributed by atoms with E-state index in [1.165, 1.54) is 11.8 Å². The van der Waals surface area contributed by atoms with Gasteiger partial charge in [-0.1, -0.05) is 44.5 Å². The summed E-state index contributed by atoms with van der Waals surface area (Å²) in [6.45, 7) is 6.96. The number of benzene rings is 2. The highest BCUT2D eigenvalue weighted by atomic mass is 35.5. The Balaban J connectivity index is 2.18. The maximum Gasteiger partial charge on any atom is 0.242 e. The van der Waals surface area contributed by atoms with Crippen LogP contribution in [0.4, 0.5) is 0 Å². The molecule has 31 heavy (non-hydrogen) atoms. The number of carbonyl (C=O) groups is 2. The summed E-state index contributed by atoms with van der Waals surface area (Å²) in [5.41, 5.74) is 0.945. The molecule has 168 valence electrons. The highest BCUT2D eigenvalue weighted by molar-refractivity contribution is 8.00. The van der Waals surface area contributed by atoms with Crippen LogP contribution in [0.5, 0.6) is 5.75 Å². The lowest BCUT2D eigenvalue weighted by molar-refractivity contribution is -0.139. The number of thioether (sulfide) groups is 1. The van der Waals surface area contributed by atoms with Crippen molar-refractivity contribution in [3.8, 4) is 5.75 Å². The first kappa shape index (κ1) is 25.1. The van der Waals surface area contributed by atoms with E-state index in [0.29, 0.717) is 30.5 Å². The fraction of sp³-hybridized carbons (Fsp3) is 0.417. The maximum absolute atomic E-state index is 13.2. The molecule has 7 heteroatoms. The zero-order chi connectivity index (χ0) is 22.8. The minimum absolute atomic E-state index is 0.0812. The van der Waals surface area contributed by atoms with Gasteiger partial charge in [-0.2, -0.15) is 0 Å².